The summed E-state index contributed by atoms with van der Waals surface area (Å²) in [5.41, 5.74) is 1.32. The molecule has 19 heavy (non-hydrogen) atoms. The van der Waals surface area contributed by atoms with Crippen LogP contribution >= 0.6 is 0 Å². The van der Waals surface area contributed by atoms with Crippen molar-refractivity contribution in [1.29, 1.82) is 0 Å². The molecule has 2 atom stereocenters. The smallest absolute Gasteiger partial charge is 0.122 e. The van der Waals surface area contributed by atoms with Crippen LogP contribution in [0, 0.1) is 5.92 Å². The Morgan fingerprint density at radius 2 is 2.26 bits per heavy atom. The molecule has 3 nitrogen and oxygen atoms in total. The van der Waals surface area contributed by atoms with E-state index in [0.29, 0.717) is 6.04 Å². The van der Waals surface area contributed by atoms with Crippen molar-refractivity contribution < 1.29 is 4.42 Å². The quantitative estimate of drug-likeness (QED) is 0.798. The summed E-state index contributed by atoms with van der Waals surface area (Å²) in [4.78, 5) is 2.57. The molecule has 108 valence electrons. The first-order chi connectivity index (χ1) is 9.22. The van der Waals surface area contributed by atoms with Crippen LogP contribution in [0.5, 0.6) is 0 Å². The third-order valence-corrected chi connectivity index (χ3v) is 4.43. The molecule has 2 unspecified atom stereocenters. The van der Waals surface area contributed by atoms with E-state index in [4.69, 9.17) is 4.42 Å². The topological polar surface area (TPSA) is 28.4 Å². The van der Waals surface area contributed by atoms with E-state index in [1.54, 1.807) is 0 Å². The molecule has 1 fully saturated rings. The molecule has 2 heterocycles. The van der Waals surface area contributed by atoms with Crippen molar-refractivity contribution in [2.75, 3.05) is 13.1 Å². The van der Waals surface area contributed by atoms with Gasteiger partial charge in [0.1, 0.15) is 5.76 Å². The number of hydrogen-bond donors (Lipinski definition) is 1. The molecule has 3 heteroatoms. The summed E-state index contributed by atoms with van der Waals surface area (Å²) in [6.07, 6.45) is 5.68. The van der Waals surface area contributed by atoms with Gasteiger partial charge in [-0.15, -0.1) is 0 Å². The van der Waals surface area contributed by atoms with E-state index in [9.17, 15) is 0 Å². The van der Waals surface area contributed by atoms with Crippen LogP contribution in [-0.2, 0) is 13.1 Å². The molecule has 0 aromatic carbocycles. The van der Waals surface area contributed by atoms with E-state index >= 15 is 0 Å². The Morgan fingerprint density at radius 3 is 3.05 bits per heavy atom. The van der Waals surface area contributed by atoms with Crippen LogP contribution in [0.25, 0.3) is 0 Å². The van der Waals surface area contributed by atoms with Gasteiger partial charge in [-0.25, -0.2) is 0 Å². The molecule has 1 aromatic rings. The van der Waals surface area contributed by atoms with Gasteiger partial charge in [-0.3, -0.25) is 4.90 Å². The minimum Gasteiger partial charge on any atom is -0.468 e. The van der Waals surface area contributed by atoms with E-state index in [-0.39, 0.29) is 0 Å². The van der Waals surface area contributed by atoms with Gasteiger partial charge in [-0.1, -0.05) is 13.8 Å². The Kier molecular flexibility index (Phi) is 5.46. The zero-order chi connectivity index (χ0) is 13.7. The van der Waals surface area contributed by atoms with Crippen molar-refractivity contribution >= 4 is 0 Å². The molecule has 0 bridgehead atoms. The summed E-state index contributed by atoms with van der Waals surface area (Å²) in [6, 6.07) is 2.77. The average Bonchev–Trinajstić information content (AvgIpc) is 2.83. The highest BCUT2D eigenvalue weighted by atomic mass is 16.3. The molecular weight excluding hydrogens is 236 g/mol. The molecule has 1 saturated heterocycles. The van der Waals surface area contributed by atoms with Crippen LogP contribution in [0.3, 0.4) is 0 Å². The fraction of sp³-hybridized carbons (Fsp3) is 0.750. The number of nitrogens with one attached hydrogen (secondary N) is 1. The summed E-state index contributed by atoms with van der Waals surface area (Å²) < 4.78 is 5.70. The molecule has 1 aromatic heterocycles. The van der Waals surface area contributed by atoms with E-state index in [2.05, 4.69) is 37.1 Å². The number of likely N-dealkylation sites (tertiary alicyclic amines) is 1. The zero-order valence-electron chi connectivity index (χ0n) is 12.6. The van der Waals surface area contributed by atoms with E-state index in [1.165, 1.54) is 31.4 Å². The number of nitrogens with zero attached hydrogens (tertiary/aromatic N) is 1. The van der Waals surface area contributed by atoms with Crippen LogP contribution in [0.15, 0.2) is 16.7 Å². The minimum absolute atomic E-state index is 0.662. The Labute approximate surface area is 117 Å². The third-order valence-electron chi connectivity index (χ3n) is 4.43. The molecule has 1 aliphatic heterocycles. The molecule has 0 aliphatic carbocycles. The highest BCUT2D eigenvalue weighted by Gasteiger charge is 2.25. The van der Waals surface area contributed by atoms with Crippen molar-refractivity contribution in [1.82, 2.24) is 10.2 Å². The molecule has 0 spiro atoms. The van der Waals surface area contributed by atoms with Crippen molar-refractivity contribution in [3.8, 4) is 0 Å². The van der Waals surface area contributed by atoms with Crippen LogP contribution < -0.4 is 5.32 Å². The van der Waals surface area contributed by atoms with Gasteiger partial charge in [-0.2, -0.15) is 0 Å². The van der Waals surface area contributed by atoms with Gasteiger partial charge >= 0.3 is 0 Å². The maximum atomic E-state index is 5.70. The lowest BCUT2D eigenvalue weighted by molar-refractivity contribution is 0.0982. The van der Waals surface area contributed by atoms with Gasteiger partial charge in [0, 0.05) is 18.2 Å². The molecule has 0 radical (unpaired) electrons. The summed E-state index contributed by atoms with van der Waals surface area (Å²) in [7, 11) is 0. The van der Waals surface area contributed by atoms with Crippen LogP contribution in [0.2, 0.25) is 0 Å². The Hall–Kier alpha value is -0.800. The first-order valence-electron chi connectivity index (χ1n) is 7.72. The third kappa shape index (κ3) is 3.83. The maximum absolute atomic E-state index is 5.70. The molecule has 0 amide bonds. The van der Waals surface area contributed by atoms with Crippen LogP contribution in [0.1, 0.15) is 51.4 Å². The van der Waals surface area contributed by atoms with Crippen molar-refractivity contribution in [2.45, 2.75) is 59.2 Å². The average molecular weight is 264 g/mol. The lowest BCUT2D eigenvalue weighted by Gasteiger charge is -2.37. The molecule has 1 N–H and O–H groups in total. The van der Waals surface area contributed by atoms with Gasteiger partial charge < -0.3 is 9.73 Å². The summed E-state index contributed by atoms with van der Waals surface area (Å²) in [5.74, 6) is 1.94. The number of furan rings is 1. The lowest BCUT2D eigenvalue weighted by Crippen LogP contribution is -2.41. The van der Waals surface area contributed by atoms with Gasteiger partial charge in [0.05, 0.1) is 12.8 Å². The SMILES string of the molecule is CCCNCc1ccoc1CN1CCCC(C)C1C. The lowest BCUT2D eigenvalue weighted by atomic mass is 9.92. The highest BCUT2D eigenvalue weighted by molar-refractivity contribution is 5.17. The van der Waals surface area contributed by atoms with Crippen molar-refractivity contribution in [3.63, 3.8) is 0 Å². The number of piperidine rings is 1. The first-order valence-corrected chi connectivity index (χ1v) is 7.72. The molecule has 2 rings (SSSR count). The first kappa shape index (κ1) is 14.6. The van der Waals surface area contributed by atoms with Crippen LogP contribution in [0.4, 0.5) is 0 Å². The standard InChI is InChI=1S/C16H28N2O/c1-4-8-17-11-15-7-10-19-16(15)12-18-9-5-6-13(2)14(18)3/h7,10,13-14,17H,4-6,8-9,11-12H2,1-3H3. The second-order valence-electron chi connectivity index (χ2n) is 5.88. The van der Waals surface area contributed by atoms with Gasteiger partial charge in [0.15, 0.2) is 0 Å². The van der Waals surface area contributed by atoms with E-state index < -0.39 is 0 Å². The number of rotatable bonds is 6. The second kappa shape index (κ2) is 7.11. The maximum Gasteiger partial charge on any atom is 0.122 e. The summed E-state index contributed by atoms with van der Waals surface area (Å²) in [6.45, 7) is 11.1. The molecule has 1 aliphatic rings. The van der Waals surface area contributed by atoms with Crippen molar-refractivity contribution in [3.05, 3.63) is 23.7 Å². The minimum atomic E-state index is 0.662. The van der Waals surface area contributed by atoms with Crippen molar-refractivity contribution in [2.24, 2.45) is 5.92 Å². The summed E-state index contributed by atoms with van der Waals surface area (Å²) >= 11 is 0. The fourth-order valence-corrected chi connectivity index (χ4v) is 2.89. The van der Waals surface area contributed by atoms with E-state index in [0.717, 1.165) is 31.3 Å². The largest absolute Gasteiger partial charge is 0.468 e. The molecule has 0 saturated carbocycles. The monoisotopic (exact) mass is 264 g/mol. The Balaban J connectivity index is 1.93. The van der Waals surface area contributed by atoms with Gasteiger partial charge in [-0.05, 0) is 51.3 Å². The normalized spacial score (nSPS) is 24.8. The number of hydrogen-bond acceptors (Lipinski definition) is 3. The second-order valence-corrected chi connectivity index (χ2v) is 5.88. The fourth-order valence-electron chi connectivity index (χ4n) is 2.89. The van der Waals surface area contributed by atoms with Crippen LogP contribution in [-0.4, -0.2) is 24.0 Å². The zero-order valence-corrected chi connectivity index (χ0v) is 12.6. The highest BCUT2D eigenvalue weighted by Crippen LogP contribution is 2.25. The van der Waals surface area contributed by atoms with Gasteiger partial charge in [0.2, 0.25) is 0 Å². The van der Waals surface area contributed by atoms with E-state index in [1.807, 2.05) is 6.26 Å². The van der Waals surface area contributed by atoms with Gasteiger partial charge in [0.25, 0.3) is 0 Å². The Morgan fingerprint density at radius 1 is 1.42 bits per heavy atom. The summed E-state index contributed by atoms with van der Waals surface area (Å²) in [5, 5.41) is 3.46. The predicted octanol–water partition coefficient (Wildman–Crippen LogP) is 3.40. The molecular formula is C16H28N2O. The Bertz CT molecular complexity index is 375. The predicted molar refractivity (Wildman–Crippen MR) is 79.0 cm³/mol.